The van der Waals surface area contributed by atoms with Gasteiger partial charge in [0.15, 0.2) is 0 Å². The zero-order valence-electron chi connectivity index (χ0n) is 5.61. The van der Waals surface area contributed by atoms with E-state index < -0.39 is 0 Å². The first-order valence-corrected chi connectivity index (χ1v) is 2.96. The minimum atomic E-state index is 0.0726. The first kappa shape index (κ1) is 8.39. The minimum Gasteiger partial charge on any atom is -0.395 e. The molecule has 0 bridgehead atoms. The predicted octanol–water partition coefficient (Wildman–Crippen LogP) is -0.146. The van der Waals surface area contributed by atoms with Crippen molar-refractivity contribution in [3.8, 4) is 0 Å². The third kappa shape index (κ3) is 5.26. The summed E-state index contributed by atoms with van der Waals surface area (Å²) in [7, 11) is 0. The summed E-state index contributed by atoms with van der Waals surface area (Å²) >= 11 is 0. The second-order valence-corrected chi connectivity index (χ2v) is 1.72. The van der Waals surface area contributed by atoms with Gasteiger partial charge in [-0.2, -0.15) is 5.90 Å². The molecule has 0 rings (SSSR count). The summed E-state index contributed by atoms with van der Waals surface area (Å²) in [5.74, 6) is 4.76. The van der Waals surface area contributed by atoms with Gasteiger partial charge in [0.05, 0.1) is 6.54 Å². The Balaban J connectivity index is 2.97. The van der Waals surface area contributed by atoms with E-state index in [0.717, 1.165) is 13.0 Å². The first-order chi connectivity index (χ1) is 4.31. The quantitative estimate of drug-likeness (QED) is 0.215. The van der Waals surface area contributed by atoms with Gasteiger partial charge in [0, 0.05) is 0 Å². The zero-order chi connectivity index (χ0) is 7.11. The highest BCUT2D eigenvalue weighted by Gasteiger charge is 1.91. The maximum atomic E-state index is 6.91. The Bertz CT molecular complexity index is 84.3. The van der Waals surface area contributed by atoms with Crippen molar-refractivity contribution in [3.05, 3.63) is 0 Å². The molecule has 0 fully saturated rings. The molecule has 0 radical (unpaired) electrons. The van der Waals surface area contributed by atoms with Crippen LogP contribution in [0.1, 0.15) is 13.3 Å². The Kier molecular flexibility index (Phi) is 5.15. The van der Waals surface area contributed by atoms with Crippen LogP contribution in [0.25, 0.3) is 0 Å². The molecule has 0 amide bonds. The predicted molar refractivity (Wildman–Crippen MR) is 36.2 cm³/mol. The molecule has 9 heavy (non-hydrogen) atoms. The highest BCUT2D eigenvalue weighted by atomic mass is 16.6. The lowest BCUT2D eigenvalue weighted by Gasteiger charge is -2.00. The third-order valence-corrected chi connectivity index (χ3v) is 0.855. The molecule has 0 spiro atoms. The van der Waals surface area contributed by atoms with Crippen molar-refractivity contribution in [1.82, 2.24) is 5.32 Å². The van der Waals surface area contributed by atoms with Crippen molar-refractivity contribution >= 4 is 5.90 Å². The Labute approximate surface area is 54.8 Å². The van der Waals surface area contributed by atoms with E-state index in [4.69, 9.17) is 5.41 Å². The van der Waals surface area contributed by atoms with Gasteiger partial charge in [-0.25, -0.2) is 0 Å². The smallest absolute Gasteiger partial charge is 0.220 e. The number of nitrogens with two attached hydrogens (primary N) is 1. The summed E-state index contributed by atoms with van der Waals surface area (Å²) in [6.07, 6.45) is 1.05. The molecule has 54 valence electrons. The minimum absolute atomic E-state index is 0.0726. The average Bonchev–Trinajstić information content (AvgIpc) is 1.89. The first-order valence-electron chi connectivity index (χ1n) is 2.96. The maximum absolute atomic E-state index is 6.91. The van der Waals surface area contributed by atoms with Crippen molar-refractivity contribution in [2.24, 2.45) is 5.90 Å². The van der Waals surface area contributed by atoms with Gasteiger partial charge in [0.25, 0.3) is 0 Å². The summed E-state index contributed by atoms with van der Waals surface area (Å²) in [4.78, 5) is 4.12. The topological polar surface area (TPSA) is 71.1 Å². The molecule has 0 aromatic carbocycles. The van der Waals surface area contributed by atoms with Crippen molar-refractivity contribution in [2.45, 2.75) is 13.3 Å². The molecule has 0 aromatic rings. The molecular weight excluding hydrogens is 118 g/mol. The largest absolute Gasteiger partial charge is 0.395 e. The fraction of sp³-hybridized carbons (Fsp3) is 0.800. The molecule has 0 aromatic heterocycles. The van der Waals surface area contributed by atoms with Gasteiger partial charge in [0.1, 0.15) is 0 Å². The molecule has 0 saturated carbocycles. The molecule has 0 atom stereocenters. The summed E-state index contributed by atoms with van der Waals surface area (Å²) in [5.41, 5.74) is 0. The molecule has 4 nitrogen and oxygen atoms in total. The van der Waals surface area contributed by atoms with E-state index in [-0.39, 0.29) is 5.90 Å². The highest BCUT2D eigenvalue weighted by Crippen LogP contribution is 1.70. The van der Waals surface area contributed by atoms with Gasteiger partial charge in [0.2, 0.25) is 5.90 Å². The van der Waals surface area contributed by atoms with Gasteiger partial charge in [-0.05, 0) is 13.0 Å². The Hall–Kier alpha value is -0.610. The number of nitrogens with one attached hydrogen (secondary N) is 2. The van der Waals surface area contributed by atoms with Gasteiger partial charge in [-0.15, -0.1) is 0 Å². The maximum Gasteiger partial charge on any atom is 0.220 e. The third-order valence-electron chi connectivity index (χ3n) is 0.855. The lowest BCUT2D eigenvalue weighted by atomic mass is 10.5. The molecule has 0 aliphatic carbocycles. The highest BCUT2D eigenvalue weighted by molar-refractivity contribution is 5.74. The van der Waals surface area contributed by atoms with Gasteiger partial charge in [-0.1, -0.05) is 6.92 Å². The monoisotopic (exact) mass is 131 g/mol. The summed E-state index contributed by atoms with van der Waals surface area (Å²) in [6, 6.07) is 0. The van der Waals surface area contributed by atoms with E-state index in [1.165, 1.54) is 0 Å². The molecule has 0 aliphatic heterocycles. The van der Waals surface area contributed by atoms with E-state index in [0.29, 0.717) is 6.54 Å². The number of hydrogen-bond donors (Lipinski definition) is 3. The van der Waals surface area contributed by atoms with E-state index >= 15 is 0 Å². The SMILES string of the molecule is CCCNCC(=N)ON. The van der Waals surface area contributed by atoms with Crippen LogP contribution in [-0.4, -0.2) is 19.0 Å². The van der Waals surface area contributed by atoms with Crippen molar-refractivity contribution in [2.75, 3.05) is 13.1 Å². The molecule has 0 saturated heterocycles. The second-order valence-electron chi connectivity index (χ2n) is 1.72. The van der Waals surface area contributed by atoms with Crippen LogP contribution in [0.15, 0.2) is 0 Å². The summed E-state index contributed by atoms with van der Waals surface area (Å²) in [5, 5.41) is 9.86. The fourth-order valence-corrected chi connectivity index (χ4v) is 0.420. The standard InChI is InChI=1S/C5H13N3O/c1-2-3-8-4-5(6)9-7/h6,8H,2-4,7H2,1H3. The molecule has 0 unspecified atom stereocenters. The van der Waals surface area contributed by atoms with Gasteiger partial charge >= 0.3 is 0 Å². The van der Waals surface area contributed by atoms with Crippen LogP contribution in [0.5, 0.6) is 0 Å². The summed E-state index contributed by atoms with van der Waals surface area (Å²) in [6.45, 7) is 3.37. The fourth-order valence-electron chi connectivity index (χ4n) is 0.420. The van der Waals surface area contributed by atoms with Crippen LogP contribution in [0.2, 0.25) is 0 Å². The number of hydrogen-bond acceptors (Lipinski definition) is 4. The second kappa shape index (κ2) is 5.53. The van der Waals surface area contributed by atoms with Gasteiger partial charge < -0.3 is 10.2 Å². The normalized spacial score (nSPS) is 9.11. The van der Waals surface area contributed by atoms with E-state index in [2.05, 4.69) is 23.0 Å². The lowest BCUT2D eigenvalue weighted by Crippen LogP contribution is -2.26. The molecule has 0 heterocycles. The molecule has 4 N–H and O–H groups in total. The Morgan fingerprint density at radius 2 is 2.44 bits per heavy atom. The number of rotatable bonds is 4. The lowest BCUT2D eigenvalue weighted by molar-refractivity contribution is 0.308. The van der Waals surface area contributed by atoms with Crippen molar-refractivity contribution in [3.63, 3.8) is 0 Å². The molecular formula is C5H13N3O. The van der Waals surface area contributed by atoms with Crippen molar-refractivity contribution < 1.29 is 4.84 Å². The molecule has 0 aliphatic rings. The van der Waals surface area contributed by atoms with Crippen LogP contribution in [0.3, 0.4) is 0 Å². The Morgan fingerprint density at radius 1 is 1.78 bits per heavy atom. The van der Waals surface area contributed by atoms with Crippen LogP contribution in [-0.2, 0) is 4.84 Å². The van der Waals surface area contributed by atoms with E-state index in [1.807, 2.05) is 0 Å². The average molecular weight is 131 g/mol. The van der Waals surface area contributed by atoms with Gasteiger partial charge in [-0.3, -0.25) is 5.41 Å². The summed E-state index contributed by atoms with van der Waals surface area (Å²) < 4.78 is 0. The van der Waals surface area contributed by atoms with Crippen LogP contribution < -0.4 is 11.2 Å². The Morgan fingerprint density at radius 3 is 2.89 bits per heavy atom. The zero-order valence-corrected chi connectivity index (χ0v) is 5.61. The van der Waals surface area contributed by atoms with E-state index in [9.17, 15) is 0 Å². The van der Waals surface area contributed by atoms with Crippen LogP contribution >= 0.6 is 0 Å². The molecule has 4 heteroatoms. The van der Waals surface area contributed by atoms with Crippen LogP contribution in [0, 0.1) is 5.41 Å². The van der Waals surface area contributed by atoms with Crippen molar-refractivity contribution in [1.29, 1.82) is 5.41 Å². The van der Waals surface area contributed by atoms with E-state index in [1.54, 1.807) is 0 Å². The van der Waals surface area contributed by atoms with Crippen LogP contribution in [0.4, 0.5) is 0 Å².